The van der Waals surface area contributed by atoms with E-state index in [-0.39, 0.29) is 18.4 Å². The fraction of sp³-hybridized carbons (Fsp3) is 0.222. The van der Waals surface area contributed by atoms with Crippen LogP contribution in [0.3, 0.4) is 0 Å². The second-order valence-corrected chi connectivity index (χ2v) is 5.58. The molecular weight excluding hydrogens is 290 g/mol. The van der Waals surface area contributed by atoms with Crippen LogP contribution in [0.4, 0.5) is 5.69 Å². The summed E-state index contributed by atoms with van der Waals surface area (Å²) in [5.41, 5.74) is 3.20. The Morgan fingerprint density at radius 3 is 2.61 bits per heavy atom. The van der Waals surface area contributed by atoms with E-state index in [0.717, 1.165) is 17.8 Å². The fourth-order valence-corrected chi connectivity index (χ4v) is 2.59. The van der Waals surface area contributed by atoms with Crippen LogP contribution >= 0.6 is 0 Å². The van der Waals surface area contributed by atoms with Crippen molar-refractivity contribution in [2.75, 3.05) is 11.9 Å². The van der Waals surface area contributed by atoms with Gasteiger partial charge in [-0.05, 0) is 23.3 Å². The Labute approximate surface area is 135 Å². The van der Waals surface area contributed by atoms with E-state index in [1.807, 2.05) is 42.5 Å². The summed E-state index contributed by atoms with van der Waals surface area (Å²) in [5, 5.41) is 8.69. The van der Waals surface area contributed by atoms with Gasteiger partial charge in [-0.25, -0.2) is 0 Å². The van der Waals surface area contributed by atoms with Gasteiger partial charge in [0.15, 0.2) is 0 Å². The Morgan fingerprint density at radius 2 is 1.78 bits per heavy atom. The average molecular weight is 309 g/mol. The zero-order chi connectivity index (χ0) is 16.1. The highest BCUT2D eigenvalue weighted by atomic mass is 16.2. The van der Waals surface area contributed by atoms with Gasteiger partial charge in [0, 0.05) is 18.7 Å². The lowest BCUT2D eigenvalue weighted by Crippen LogP contribution is -2.56. The number of piperazine rings is 1. The number of hydrogen-bond donors (Lipinski definition) is 3. The summed E-state index contributed by atoms with van der Waals surface area (Å²) < 4.78 is 0. The van der Waals surface area contributed by atoms with Gasteiger partial charge in [-0.3, -0.25) is 9.59 Å². The molecule has 1 fully saturated rings. The lowest BCUT2D eigenvalue weighted by molar-refractivity contribution is -0.133. The standard InChI is InChI=1S/C18H19N3O2/c22-17-12-20-18(23)16(21-17)10-14-7-4-8-15(9-14)19-11-13-5-2-1-3-6-13/h1-9,16,19H,10-12H2,(H,20,23)(H,21,22). The van der Waals surface area contributed by atoms with Crippen LogP contribution in [0.5, 0.6) is 0 Å². The van der Waals surface area contributed by atoms with Crippen molar-refractivity contribution in [1.29, 1.82) is 0 Å². The minimum absolute atomic E-state index is 0.0635. The molecule has 0 spiro atoms. The Hall–Kier alpha value is -2.82. The van der Waals surface area contributed by atoms with Crippen molar-refractivity contribution in [3.8, 4) is 0 Å². The Bertz CT molecular complexity index is 700. The maximum Gasteiger partial charge on any atom is 0.243 e. The molecule has 2 aromatic carbocycles. The average Bonchev–Trinajstić information content (AvgIpc) is 2.58. The number of rotatable bonds is 5. The maximum absolute atomic E-state index is 11.8. The first-order valence-electron chi connectivity index (χ1n) is 7.64. The summed E-state index contributed by atoms with van der Waals surface area (Å²) in [4.78, 5) is 23.2. The minimum atomic E-state index is -0.499. The van der Waals surface area contributed by atoms with E-state index in [0.29, 0.717) is 6.42 Å². The van der Waals surface area contributed by atoms with Crippen molar-refractivity contribution in [3.05, 3.63) is 65.7 Å². The molecule has 0 saturated carbocycles. The quantitative estimate of drug-likeness (QED) is 0.783. The molecule has 3 N–H and O–H groups in total. The highest BCUT2D eigenvalue weighted by molar-refractivity contribution is 5.94. The highest BCUT2D eigenvalue weighted by Gasteiger charge is 2.25. The first-order chi connectivity index (χ1) is 11.2. The summed E-state index contributed by atoms with van der Waals surface area (Å²) in [7, 11) is 0. The number of carbonyl (C=O) groups excluding carboxylic acids is 2. The van der Waals surface area contributed by atoms with Gasteiger partial charge >= 0.3 is 0 Å². The number of benzene rings is 2. The van der Waals surface area contributed by atoms with Crippen LogP contribution in [0.1, 0.15) is 11.1 Å². The lowest BCUT2D eigenvalue weighted by Gasteiger charge is -2.23. The van der Waals surface area contributed by atoms with E-state index in [2.05, 4.69) is 28.1 Å². The molecule has 1 aliphatic heterocycles. The van der Waals surface area contributed by atoms with Crippen molar-refractivity contribution in [1.82, 2.24) is 10.6 Å². The number of amides is 2. The summed E-state index contributed by atoms with van der Waals surface area (Å²) in [6.45, 7) is 0.805. The normalized spacial score (nSPS) is 17.3. The molecule has 1 heterocycles. The van der Waals surface area contributed by atoms with Gasteiger partial charge in [0.1, 0.15) is 6.04 Å². The SMILES string of the molecule is O=C1CNC(=O)C(Cc2cccc(NCc3ccccc3)c2)N1. The van der Waals surface area contributed by atoms with Crippen molar-refractivity contribution < 1.29 is 9.59 Å². The molecule has 1 saturated heterocycles. The lowest BCUT2D eigenvalue weighted by atomic mass is 10.0. The van der Waals surface area contributed by atoms with Crippen LogP contribution in [0.2, 0.25) is 0 Å². The van der Waals surface area contributed by atoms with E-state index in [4.69, 9.17) is 0 Å². The molecule has 23 heavy (non-hydrogen) atoms. The molecule has 0 bridgehead atoms. The van der Waals surface area contributed by atoms with Crippen molar-refractivity contribution >= 4 is 17.5 Å². The Balaban J connectivity index is 1.63. The third kappa shape index (κ3) is 4.10. The number of hydrogen-bond acceptors (Lipinski definition) is 3. The van der Waals surface area contributed by atoms with E-state index in [9.17, 15) is 9.59 Å². The molecule has 3 rings (SSSR count). The Kier molecular flexibility index (Phi) is 4.57. The molecule has 1 aliphatic rings. The van der Waals surface area contributed by atoms with Crippen molar-refractivity contribution in [2.24, 2.45) is 0 Å². The second-order valence-electron chi connectivity index (χ2n) is 5.58. The summed E-state index contributed by atoms with van der Waals surface area (Å²) in [5.74, 6) is -0.278. The largest absolute Gasteiger partial charge is 0.381 e. The van der Waals surface area contributed by atoms with Gasteiger partial charge in [-0.1, -0.05) is 42.5 Å². The number of carbonyl (C=O) groups is 2. The summed E-state index contributed by atoms with van der Waals surface area (Å²) in [6, 6.07) is 17.6. The van der Waals surface area contributed by atoms with Crippen LogP contribution in [0.15, 0.2) is 54.6 Å². The third-order valence-corrected chi connectivity index (χ3v) is 3.78. The predicted molar refractivity (Wildman–Crippen MR) is 88.9 cm³/mol. The first kappa shape index (κ1) is 15.1. The van der Waals surface area contributed by atoms with Crippen LogP contribution in [-0.4, -0.2) is 24.4 Å². The van der Waals surface area contributed by atoms with Crippen LogP contribution in [0, 0.1) is 0 Å². The van der Waals surface area contributed by atoms with E-state index >= 15 is 0 Å². The van der Waals surface area contributed by atoms with Gasteiger partial charge in [0.2, 0.25) is 11.8 Å². The predicted octanol–water partition coefficient (Wildman–Crippen LogP) is 1.46. The molecule has 2 amide bonds. The molecule has 1 atom stereocenters. The highest BCUT2D eigenvalue weighted by Crippen LogP contribution is 2.14. The molecule has 5 nitrogen and oxygen atoms in total. The molecule has 0 aliphatic carbocycles. The molecule has 5 heteroatoms. The zero-order valence-electron chi connectivity index (χ0n) is 12.7. The van der Waals surface area contributed by atoms with Gasteiger partial charge in [-0.2, -0.15) is 0 Å². The van der Waals surface area contributed by atoms with Crippen molar-refractivity contribution in [2.45, 2.75) is 19.0 Å². The third-order valence-electron chi connectivity index (χ3n) is 3.78. The fourth-order valence-electron chi connectivity index (χ4n) is 2.59. The Morgan fingerprint density at radius 1 is 1.00 bits per heavy atom. The summed E-state index contributed by atoms with van der Waals surface area (Å²) >= 11 is 0. The van der Waals surface area contributed by atoms with E-state index in [1.165, 1.54) is 5.56 Å². The molecule has 0 radical (unpaired) electrons. The number of nitrogens with one attached hydrogen (secondary N) is 3. The van der Waals surface area contributed by atoms with Crippen LogP contribution < -0.4 is 16.0 Å². The molecular formula is C18H19N3O2. The van der Waals surface area contributed by atoms with Gasteiger partial charge in [-0.15, -0.1) is 0 Å². The minimum Gasteiger partial charge on any atom is -0.381 e. The summed E-state index contributed by atoms with van der Waals surface area (Å²) in [6.07, 6.45) is 0.485. The smallest absolute Gasteiger partial charge is 0.243 e. The van der Waals surface area contributed by atoms with E-state index < -0.39 is 6.04 Å². The zero-order valence-corrected chi connectivity index (χ0v) is 12.7. The van der Waals surface area contributed by atoms with E-state index in [1.54, 1.807) is 0 Å². The molecule has 1 unspecified atom stereocenters. The van der Waals surface area contributed by atoms with Crippen LogP contribution in [0.25, 0.3) is 0 Å². The van der Waals surface area contributed by atoms with Gasteiger partial charge in [0.05, 0.1) is 6.54 Å². The van der Waals surface area contributed by atoms with Crippen molar-refractivity contribution in [3.63, 3.8) is 0 Å². The molecule has 0 aromatic heterocycles. The van der Waals surface area contributed by atoms with Gasteiger partial charge in [0.25, 0.3) is 0 Å². The molecule has 118 valence electrons. The first-order valence-corrected chi connectivity index (χ1v) is 7.64. The molecule has 2 aromatic rings. The number of anilines is 1. The second kappa shape index (κ2) is 6.96. The monoisotopic (exact) mass is 309 g/mol. The van der Waals surface area contributed by atoms with Crippen LogP contribution in [-0.2, 0) is 22.6 Å². The maximum atomic E-state index is 11.8. The topological polar surface area (TPSA) is 70.2 Å². The van der Waals surface area contributed by atoms with Gasteiger partial charge < -0.3 is 16.0 Å².